The highest BCUT2D eigenvalue weighted by atomic mass is 16.6. The molecule has 3 aromatic rings. The van der Waals surface area contributed by atoms with Crippen LogP contribution in [-0.2, 0) is 0 Å². The van der Waals surface area contributed by atoms with Gasteiger partial charge in [0.2, 0.25) is 0 Å². The minimum atomic E-state index is -0.612. The van der Waals surface area contributed by atoms with Gasteiger partial charge in [0.25, 0.3) is 5.69 Å². The molecule has 0 fully saturated rings. The lowest BCUT2D eigenvalue weighted by atomic mass is 10.1. The molecule has 0 N–H and O–H groups in total. The fourth-order valence-corrected chi connectivity index (χ4v) is 2.57. The number of hydrogen-bond acceptors (Lipinski definition) is 6. The van der Waals surface area contributed by atoms with E-state index in [1.807, 2.05) is 13.0 Å². The van der Waals surface area contributed by atoms with Crippen LogP contribution < -0.4 is 4.74 Å². The Morgan fingerprint density at radius 1 is 1.15 bits per heavy atom. The predicted octanol–water partition coefficient (Wildman–Crippen LogP) is 3.32. The van der Waals surface area contributed by atoms with Gasteiger partial charge in [-0.2, -0.15) is 0 Å². The standard InChI is InChI=1S/C18H16N4O4/c1-11-5-4-6-15(9-11)26-18(23)17-13(3)21(20-19-17)16-8-7-14(22(24)25)10-12(16)2/h4-10H,1-3H3. The van der Waals surface area contributed by atoms with Crippen molar-refractivity contribution >= 4 is 11.7 Å². The van der Waals surface area contributed by atoms with Crippen molar-refractivity contribution in [1.29, 1.82) is 0 Å². The summed E-state index contributed by atoms with van der Waals surface area (Å²) in [6.07, 6.45) is 0. The average Bonchev–Trinajstić information content (AvgIpc) is 2.96. The van der Waals surface area contributed by atoms with Gasteiger partial charge in [0.1, 0.15) is 5.75 Å². The number of nitrogens with zero attached hydrogens (tertiary/aromatic N) is 4. The topological polar surface area (TPSA) is 100 Å². The van der Waals surface area contributed by atoms with E-state index in [1.165, 1.54) is 16.8 Å². The first-order valence-electron chi connectivity index (χ1n) is 7.83. The molecule has 1 aromatic heterocycles. The monoisotopic (exact) mass is 352 g/mol. The number of non-ortho nitro benzene ring substituents is 1. The summed E-state index contributed by atoms with van der Waals surface area (Å²) in [7, 11) is 0. The van der Waals surface area contributed by atoms with Crippen molar-refractivity contribution in [1.82, 2.24) is 15.0 Å². The van der Waals surface area contributed by atoms with E-state index in [0.29, 0.717) is 22.7 Å². The molecule has 8 heteroatoms. The number of carbonyl (C=O) groups excluding carboxylic acids is 1. The van der Waals surface area contributed by atoms with E-state index in [-0.39, 0.29) is 11.4 Å². The zero-order valence-electron chi connectivity index (χ0n) is 14.5. The Morgan fingerprint density at radius 3 is 2.58 bits per heavy atom. The molecule has 0 bridgehead atoms. The van der Waals surface area contributed by atoms with Crippen LogP contribution in [0.15, 0.2) is 42.5 Å². The molecule has 8 nitrogen and oxygen atoms in total. The number of benzene rings is 2. The van der Waals surface area contributed by atoms with Crippen molar-refractivity contribution in [3.05, 3.63) is 75.1 Å². The smallest absolute Gasteiger partial charge is 0.366 e. The van der Waals surface area contributed by atoms with Gasteiger partial charge in [-0.25, -0.2) is 9.48 Å². The fourth-order valence-electron chi connectivity index (χ4n) is 2.57. The summed E-state index contributed by atoms with van der Waals surface area (Å²) in [5.74, 6) is -0.186. The third-order valence-electron chi connectivity index (χ3n) is 3.91. The molecule has 0 amide bonds. The summed E-state index contributed by atoms with van der Waals surface area (Å²) in [6.45, 7) is 5.32. The Morgan fingerprint density at radius 2 is 1.92 bits per heavy atom. The van der Waals surface area contributed by atoms with Gasteiger partial charge in [0.15, 0.2) is 5.69 Å². The number of ether oxygens (including phenoxy) is 1. The lowest BCUT2D eigenvalue weighted by Gasteiger charge is -2.07. The normalized spacial score (nSPS) is 10.6. The van der Waals surface area contributed by atoms with Crippen LogP contribution >= 0.6 is 0 Å². The number of nitro groups is 1. The third kappa shape index (κ3) is 3.30. The zero-order chi connectivity index (χ0) is 18.8. The molecule has 0 unspecified atom stereocenters. The van der Waals surface area contributed by atoms with Gasteiger partial charge in [-0.3, -0.25) is 10.1 Å². The van der Waals surface area contributed by atoms with Crippen molar-refractivity contribution in [3.8, 4) is 11.4 Å². The fraction of sp³-hybridized carbons (Fsp3) is 0.167. The van der Waals surface area contributed by atoms with Crippen LogP contribution in [0.2, 0.25) is 0 Å². The Labute approximate surface area is 149 Å². The SMILES string of the molecule is Cc1cccc(OC(=O)c2nnn(-c3ccc([N+](=O)[O-])cc3C)c2C)c1. The zero-order valence-corrected chi connectivity index (χ0v) is 14.5. The summed E-state index contributed by atoms with van der Waals surface area (Å²) in [4.78, 5) is 22.8. The Kier molecular flexibility index (Phi) is 4.49. The molecule has 0 aliphatic carbocycles. The summed E-state index contributed by atoms with van der Waals surface area (Å²) in [6, 6.07) is 11.5. The second-order valence-corrected chi connectivity index (χ2v) is 5.87. The second-order valence-electron chi connectivity index (χ2n) is 5.87. The molecule has 0 atom stereocenters. The van der Waals surface area contributed by atoms with Crippen molar-refractivity contribution in [3.63, 3.8) is 0 Å². The number of esters is 1. The molecule has 0 saturated carbocycles. The summed E-state index contributed by atoms with van der Waals surface area (Å²) >= 11 is 0. The number of hydrogen-bond donors (Lipinski definition) is 0. The summed E-state index contributed by atoms with van der Waals surface area (Å²) < 4.78 is 6.81. The number of rotatable bonds is 4. The van der Waals surface area contributed by atoms with E-state index in [2.05, 4.69) is 10.3 Å². The van der Waals surface area contributed by atoms with E-state index >= 15 is 0 Å². The summed E-state index contributed by atoms with van der Waals surface area (Å²) in [5, 5.41) is 18.8. The molecule has 0 radical (unpaired) electrons. The molecule has 0 aliphatic rings. The van der Waals surface area contributed by atoms with Crippen molar-refractivity contribution in [2.24, 2.45) is 0 Å². The van der Waals surface area contributed by atoms with Gasteiger partial charge in [-0.1, -0.05) is 17.3 Å². The first kappa shape index (κ1) is 17.3. The van der Waals surface area contributed by atoms with Crippen LogP contribution in [0.25, 0.3) is 5.69 Å². The second kappa shape index (κ2) is 6.75. The van der Waals surface area contributed by atoms with Crippen LogP contribution in [-0.4, -0.2) is 25.9 Å². The number of carbonyl (C=O) groups is 1. The van der Waals surface area contributed by atoms with Crippen LogP contribution in [0.4, 0.5) is 5.69 Å². The summed E-state index contributed by atoms with van der Waals surface area (Å²) in [5.41, 5.74) is 2.78. The minimum Gasteiger partial charge on any atom is -0.422 e. The molecular weight excluding hydrogens is 336 g/mol. The Balaban J connectivity index is 1.90. The molecule has 3 rings (SSSR count). The van der Waals surface area contributed by atoms with Gasteiger partial charge in [0.05, 0.1) is 16.3 Å². The van der Waals surface area contributed by atoms with Crippen molar-refractivity contribution in [2.75, 3.05) is 0 Å². The van der Waals surface area contributed by atoms with Crippen molar-refractivity contribution < 1.29 is 14.5 Å². The van der Waals surface area contributed by atoms with Crippen LogP contribution in [0, 0.1) is 30.9 Å². The highest BCUT2D eigenvalue weighted by Gasteiger charge is 2.21. The highest BCUT2D eigenvalue weighted by molar-refractivity contribution is 5.90. The van der Waals surface area contributed by atoms with Crippen molar-refractivity contribution in [2.45, 2.75) is 20.8 Å². The van der Waals surface area contributed by atoms with E-state index in [4.69, 9.17) is 4.74 Å². The van der Waals surface area contributed by atoms with E-state index in [1.54, 1.807) is 38.1 Å². The first-order chi connectivity index (χ1) is 12.4. The predicted molar refractivity (Wildman–Crippen MR) is 93.6 cm³/mol. The lowest BCUT2D eigenvalue weighted by Crippen LogP contribution is -2.11. The molecule has 0 saturated heterocycles. The van der Waals surface area contributed by atoms with E-state index in [0.717, 1.165) is 5.56 Å². The van der Waals surface area contributed by atoms with E-state index in [9.17, 15) is 14.9 Å². The number of aryl methyl sites for hydroxylation is 2. The molecule has 26 heavy (non-hydrogen) atoms. The number of aromatic nitrogens is 3. The van der Waals surface area contributed by atoms with Gasteiger partial charge >= 0.3 is 5.97 Å². The molecule has 1 heterocycles. The van der Waals surface area contributed by atoms with Crippen LogP contribution in [0.3, 0.4) is 0 Å². The highest BCUT2D eigenvalue weighted by Crippen LogP contribution is 2.22. The maximum Gasteiger partial charge on any atom is 0.366 e. The van der Waals surface area contributed by atoms with Crippen LogP contribution in [0.5, 0.6) is 5.75 Å². The molecule has 0 aliphatic heterocycles. The quantitative estimate of drug-likeness (QED) is 0.309. The lowest BCUT2D eigenvalue weighted by molar-refractivity contribution is -0.384. The van der Waals surface area contributed by atoms with Gasteiger partial charge in [0, 0.05) is 12.1 Å². The molecule has 132 valence electrons. The minimum absolute atomic E-state index is 0.0110. The Bertz CT molecular complexity index is 1010. The maximum atomic E-state index is 12.4. The van der Waals surface area contributed by atoms with Crippen LogP contribution in [0.1, 0.15) is 27.3 Å². The van der Waals surface area contributed by atoms with E-state index < -0.39 is 10.9 Å². The number of nitro benzene ring substituents is 1. The molecular formula is C18H16N4O4. The van der Waals surface area contributed by atoms with Gasteiger partial charge in [-0.15, -0.1) is 5.10 Å². The third-order valence-corrected chi connectivity index (χ3v) is 3.91. The maximum absolute atomic E-state index is 12.4. The van der Waals surface area contributed by atoms with Gasteiger partial charge in [-0.05, 0) is 50.1 Å². The average molecular weight is 352 g/mol. The first-order valence-corrected chi connectivity index (χ1v) is 7.83. The molecule has 0 spiro atoms. The largest absolute Gasteiger partial charge is 0.422 e. The Hall–Kier alpha value is -3.55. The molecule has 2 aromatic carbocycles. The van der Waals surface area contributed by atoms with Gasteiger partial charge < -0.3 is 4.74 Å².